The predicted molar refractivity (Wildman–Crippen MR) is 99.5 cm³/mol. The minimum Gasteiger partial charge on any atom is -0.452 e. The number of carbonyl (C=O) groups excluding carboxylic acids is 2. The van der Waals surface area contributed by atoms with Crippen molar-refractivity contribution in [1.82, 2.24) is 0 Å². The van der Waals surface area contributed by atoms with Crippen LogP contribution in [0.5, 0.6) is 0 Å². The van der Waals surface area contributed by atoms with Crippen molar-refractivity contribution in [1.29, 1.82) is 0 Å². The fourth-order valence-corrected chi connectivity index (χ4v) is 2.92. The Kier molecular flexibility index (Phi) is 6.99. The third kappa shape index (κ3) is 5.75. The first kappa shape index (κ1) is 19.7. The highest BCUT2D eigenvalue weighted by Gasteiger charge is 2.18. The lowest BCUT2D eigenvalue weighted by Gasteiger charge is -2.13. The Balaban J connectivity index is 1.83. The average molecular weight is 395 g/mol. The van der Waals surface area contributed by atoms with Crippen molar-refractivity contribution in [3.8, 4) is 0 Å². The Morgan fingerprint density at radius 1 is 1.23 bits per heavy atom. The number of nitro groups is 1. The molecule has 0 aliphatic heterocycles. The maximum absolute atomic E-state index is 12.0. The Morgan fingerprint density at radius 3 is 2.50 bits per heavy atom. The molecule has 1 atom stereocenters. The van der Waals surface area contributed by atoms with Crippen LogP contribution in [0.2, 0.25) is 5.02 Å². The first-order valence-electron chi connectivity index (χ1n) is 7.49. The molecule has 2 aromatic carbocycles. The van der Waals surface area contributed by atoms with Gasteiger partial charge in [0.1, 0.15) is 0 Å². The van der Waals surface area contributed by atoms with Crippen LogP contribution >= 0.6 is 23.4 Å². The number of nitrogens with zero attached hydrogens (tertiary/aromatic N) is 1. The fraction of sp³-hybridized carbons (Fsp3) is 0.176. The van der Waals surface area contributed by atoms with Crippen LogP contribution in [0, 0.1) is 10.1 Å². The van der Waals surface area contributed by atoms with Crippen molar-refractivity contribution in [2.24, 2.45) is 0 Å². The summed E-state index contributed by atoms with van der Waals surface area (Å²) in [7, 11) is 0. The molecule has 0 saturated carbocycles. The summed E-state index contributed by atoms with van der Waals surface area (Å²) >= 11 is 7.22. The van der Waals surface area contributed by atoms with E-state index in [9.17, 15) is 19.7 Å². The van der Waals surface area contributed by atoms with Crippen molar-refractivity contribution in [2.75, 3.05) is 11.1 Å². The van der Waals surface area contributed by atoms with Gasteiger partial charge in [-0.25, -0.2) is 0 Å². The molecule has 0 fully saturated rings. The van der Waals surface area contributed by atoms with E-state index in [0.29, 0.717) is 10.7 Å². The van der Waals surface area contributed by atoms with Gasteiger partial charge in [0.15, 0.2) is 6.10 Å². The molecule has 0 heterocycles. The molecule has 2 rings (SSSR count). The Hall–Kier alpha value is -2.58. The number of hydrogen-bond donors (Lipinski definition) is 1. The lowest BCUT2D eigenvalue weighted by atomic mass is 10.2. The number of rotatable bonds is 7. The maximum Gasteiger partial charge on any atom is 0.317 e. The molecule has 0 spiro atoms. The van der Waals surface area contributed by atoms with Crippen LogP contribution in [0.4, 0.5) is 11.4 Å². The van der Waals surface area contributed by atoms with Crippen LogP contribution < -0.4 is 5.32 Å². The second kappa shape index (κ2) is 9.21. The lowest BCUT2D eigenvalue weighted by molar-refractivity contribution is -0.384. The number of halogens is 1. The number of non-ortho nitro benzene ring substituents is 1. The topological polar surface area (TPSA) is 98.5 Å². The van der Waals surface area contributed by atoms with Gasteiger partial charge in [0.05, 0.1) is 15.7 Å². The van der Waals surface area contributed by atoms with Gasteiger partial charge in [0.25, 0.3) is 11.6 Å². The largest absolute Gasteiger partial charge is 0.452 e. The zero-order valence-corrected chi connectivity index (χ0v) is 15.3. The highest BCUT2D eigenvalue weighted by Crippen LogP contribution is 2.26. The molecule has 0 radical (unpaired) electrons. The summed E-state index contributed by atoms with van der Waals surface area (Å²) in [4.78, 5) is 34.7. The molecule has 2 aromatic rings. The molecule has 0 aliphatic rings. The second-order valence-corrected chi connectivity index (χ2v) is 6.57. The number of benzene rings is 2. The molecular formula is C17H15ClN2O5S. The Labute approximate surface area is 158 Å². The average Bonchev–Trinajstić information content (AvgIpc) is 2.61. The summed E-state index contributed by atoms with van der Waals surface area (Å²) in [5, 5.41) is 13.7. The molecule has 0 bridgehead atoms. The minimum atomic E-state index is -1.01. The van der Waals surface area contributed by atoms with E-state index in [4.69, 9.17) is 16.3 Å². The third-order valence-corrected chi connectivity index (χ3v) is 4.69. The normalized spacial score (nSPS) is 11.5. The number of ether oxygens (including phenoxy) is 1. The van der Waals surface area contributed by atoms with Crippen molar-refractivity contribution >= 4 is 46.6 Å². The van der Waals surface area contributed by atoms with Gasteiger partial charge in [-0.15, -0.1) is 11.8 Å². The number of nitrogens with one attached hydrogen (secondary N) is 1. The zero-order chi connectivity index (χ0) is 19.1. The number of nitro benzene ring substituents is 1. The van der Waals surface area contributed by atoms with Gasteiger partial charge in [0, 0.05) is 22.7 Å². The van der Waals surface area contributed by atoms with E-state index < -0.39 is 22.9 Å². The summed E-state index contributed by atoms with van der Waals surface area (Å²) in [6.45, 7) is 1.44. The summed E-state index contributed by atoms with van der Waals surface area (Å²) in [5.74, 6) is -1.07. The molecule has 1 N–H and O–H groups in total. The summed E-state index contributed by atoms with van der Waals surface area (Å²) < 4.78 is 5.08. The third-order valence-electron chi connectivity index (χ3n) is 3.21. The highest BCUT2D eigenvalue weighted by molar-refractivity contribution is 8.00. The molecule has 0 aliphatic carbocycles. The second-order valence-electron chi connectivity index (χ2n) is 5.14. The number of anilines is 1. The van der Waals surface area contributed by atoms with Crippen LogP contribution in [0.25, 0.3) is 0 Å². The monoisotopic (exact) mass is 394 g/mol. The number of carbonyl (C=O) groups is 2. The van der Waals surface area contributed by atoms with E-state index >= 15 is 0 Å². The van der Waals surface area contributed by atoms with Gasteiger partial charge in [-0.2, -0.15) is 0 Å². The van der Waals surface area contributed by atoms with Crippen LogP contribution in [0.3, 0.4) is 0 Å². The van der Waals surface area contributed by atoms with Crippen molar-refractivity contribution in [3.05, 3.63) is 63.7 Å². The quantitative estimate of drug-likeness (QED) is 0.331. The number of thioether (sulfide) groups is 1. The zero-order valence-electron chi connectivity index (χ0n) is 13.7. The van der Waals surface area contributed by atoms with E-state index in [1.807, 2.05) is 0 Å². The first-order valence-corrected chi connectivity index (χ1v) is 8.85. The van der Waals surface area contributed by atoms with Gasteiger partial charge in [-0.3, -0.25) is 19.7 Å². The molecular weight excluding hydrogens is 380 g/mol. The highest BCUT2D eigenvalue weighted by atomic mass is 35.5. The molecule has 7 nitrogen and oxygen atoms in total. The molecule has 9 heteroatoms. The van der Waals surface area contributed by atoms with Crippen LogP contribution in [-0.2, 0) is 14.3 Å². The van der Waals surface area contributed by atoms with Crippen molar-refractivity contribution in [3.63, 3.8) is 0 Å². The van der Waals surface area contributed by atoms with E-state index in [1.54, 1.807) is 24.3 Å². The summed E-state index contributed by atoms with van der Waals surface area (Å²) in [6, 6.07) is 12.4. The number of amides is 1. The summed E-state index contributed by atoms with van der Waals surface area (Å²) in [6.07, 6.45) is -1.01. The molecule has 0 saturated heterocycles. The maximum atomic E-state index is 12.0. The Bertz CT molecular complexity index is 813. The molecule has 1 unspecified atom stereocenters. The van der Waals surface area contributed by atoms with Gasteiger partial charge in [0.2, 0.25) is 0 Å². The smallest absolute Gasteiger partial charge is 0.317 e. The summed E-state index contributed by atoms with van der Waals surface area (Å²) in [5.41, 5.74) is 0.285. The van der Waals surface area contributed by atoms with E-state index in [-0.39, 0.29) is 11.4 Å². The van der Waals surface area contributed by atoms with Crippen LogP contribution in [-0.4, -0.2) is 28.7 Å². The SMILES string of the molecule is CC(OC(=O)CSc1ccccc1Cl)C(=O)Nc1ccc([N+](=O)[O-])cc1. The fourth-order valence-electron chi connectivity index (χ4n) is 1.89. The van der Waals surface area contributed by atoms with Crippen molar-refractivity contribution < 1.29 is 19.2 Å². The molecule has 1 amide bonds. The van der Waals surface area contributed by atoms with Gasteiger partial charge < -0.3 is 10.1 Å². The lowest BCUT2D eigenvalue weighted by Crippen LogP contribution is -2.30. The van der Waals surface area contributed by atoms with Crippen LogP contribution in [0.15, 0.2) is 53.4 Å². The molecule has 136 valence electrons. The van der Waals surface area contributed by atoms with Gasteiger partial charge in [-0.05, 0) is 31.2 Å². The van der Waals surface area contributed by atoms with Gasteiger partial charge >= 0.3 is 5.97 Å². The number of esters is 1. The minimum absolute atomic E-state index is 0.0128. The van der Waals surface area contributed by atoms with E-state index in [0.717, 1.165) is 4.90 Å². The van der Waals surface area contributed by atoms with Gasteiger partial charge in [-0.1, -0.05) is 23.7 Å². The molecule has 0 aromatic heterocycles. The number of hydrogen-bond acceptors (Lipinski definition) is 6. The predicted octanol–water partition coefficient (Wildman–Crippen LogP) is 3.91. The Morgan fingerprint density at radius 2 is 1.88 bits per heavy atom. The first-order chi connectivity index (χ1) is 12.4. The standard InChI is InChI=1S/C17H15ClN2O5S/c1-11(17(22)19-12-6-8-13(9-7-12)20(23)24)25-16(21)10-26-15-5-3-2-4-14(15)18/h2-9,11H,10H2,1H3,(H,19,22). The molecule has 26 heavy (non-hydrogen) atoms. The van der Waals surface area contributed by atoms with E-state index in [2.05, 4.69) is 5.32 Å². The van der Waals surface area contributed by atoms with Crippen LogP contribution in [0.1, 0.15) is 6.92 Å². The van der Waals surface area contributed by atoms with E-state index in [1.165, 1.54) is 43.0 Å². The van der Waals surface area contributed by atoms with Crippen molar-refractivity contribution in [2.45, 2.75) is 17.9 Å².